The third kappa shape index (κ3) is 4.28. The van der Waals surface area contributed by atoms with E-state index in [2.05, 4.69) is 11.8 Å². The van der Waals surface area contributed by atoms with Crippen LogP contribution in [0.5, 0.6) is 0 Å². The van der Waals surface area contributed by atoms with Crippen LogP contribution in [0.4, 0.5) is 0 Å². The molecule has 16 heavy (non-hydrogen) atoms. The van der Waals surface area contributed by atoms with E-state index in [0.717, 1.165) is 13.0 Å². The van der Waals surface area contributed by atoms with E-state index in [4.69, 9.17) is 10.5 Å². The van der Waals surface area contributed by atoms with E-state index in [0.29, 0.717) is 31.7 Å². The predicted molar refractivity (Wildman–Crippen MR) is 66.7 cm³/mol. The number of carbonyl (C=O) groups excluding carboxylic acids is 1. The third-order valence-corrected chi connectivity index (χ3v) is 3.11. The summed E-state index contributed by atoms with van der Waals surface area (Å²) in [5, 5.41) is 0. The van der Waals surface area contributed by atoms with Crippen molar-refractivity contribution in [2.24, 2.45) is 11.7 Å². The number of likely N-dealkylation sites (tertiary alicyclic amines) is 1. The summed E-state index contributed by atoms with van der Waals surface area (Å²) in [4.78, 5) is 13.5. The topological polar surface area (TPSA) is 55.6 Å². The minimum atomic E-state index is -0.134. The van der Waals surface area contributed by atoms with E-state index in [-0.39, 0.29) is 18.4 Å². The monoisotopic (exact) mass is 250 g/mol. The number of hydrogen-bond donors (Lipinski definition) is 1. The van der Waals surface area contributed by atoms with Crippen LogP contribution in [0, 0.1) is 5.92 Å². The number of esters is 1. The lowest BCUT2D eigenvalue weighted by Gasteiger charge is -2.38. The minimum Gasteiger partial charge on any atom is -0.465 e. The van der Waals surface area contributed by atoms with Crippen molar-refractivity contribution in [3.05, 3.63) is 0 Å². The van der Waals surface area contributed by atoms with Gasteiger partial charge in [-0.05, 0) is 32.2 Å². The summed E-state index contributed by atoms with van der Waals surface area (Å²) in [6.45, 7) is 6.47. The normalized spacial score (nSPS) is 25.9. The second-order valence-electron chi connectivity index (χ2n) is 4.20. The molecule has 1 rings (SSSR count). The van der Waals surface area contributed by atoms with Gasteiger partial charge in [0.25, 0.3) is 0 Å². The lowest BCUT2D eigenvalue weighted by molar-refractivity contribution is -0.145. The number of piperidine rings is 1. The smallest absolute Gasteiger partial charge is 0.320 e. The number of rotatable bonds is 4. The van der Waals surface area contributed by atoms with Crippen LogP contribution in [0.15, 0.2) is 0 Å². The van der Waals surface area contributed by atoms with E-state index in [1.54, 1.807) is 0 Å². The fraction of sp³-hybridized carbons (Fsp3) is 0.909. The second kappa shape index (κ2) is 7.87. The predicted octanol–water partition coefficient (Wildman–Crippen LogP) is 1.03. The molecule has 1 aliphatic heterocycles. The summed E-state index contributed by atoms with van der Waals surface area (Å²) in [7, 11) is 0. The van der Waals surface area contributed by atoms with Gasteiger partial charge in [-0.1, -0.05) is 6.92 Å². The molecule has 0 saturated carbocycles. The zero-order valence-corrected chi connectivity index (χ0v) is 11.0. The molecule has 0 amide bonds. The van der Waals surface area contributed by atoms with Crippen molar-refractivity contribution in [2.45, 2.75) is 32.7 Å². The Morgan fingerprint density at radius 3 is 2.81 bits per heavy atom. The SMILES string of the molecule is CCOC(=O)CN1CCCC(C)C1CN.Cl. The van der Waals surface area contributed by atoms with Gasteiger partial charge in [0.15, 0.2) is 0 Å². The van der Waals surface area contributed by atoms with Crippen molar-refractivity contribution in [1.82, 2.24) is 4.90 Å². The molecular formula is C11H23ClN2O2. The first kappa shape index (κ1) is 15.7. The Morgan fingerprint density at radius 1 is 1.56 bits per heavy atom. The Kier molecular flexibility index (Phi) is 7.72. The van der Waals surface area contributed by atoms with Gasteiger partial charge < -0.3 is 10.5 Å². The molecule has 96 valence electrons. The molecule has 0 aromatic heterocycles. The van der Waals surface area contributed by atoms with Crippen LogP contribution in [-0.2, 0) is 9.53 Å². The van der Waals surface area contributed by atoms with Crippen molar-refractivity contribution in [1.29, 1.82) is 0 Å². The summed E-state index contributed by atoms with van der Waals surface area (Å²) < 4.78 is 4.95. The number of carbonyl (C=O) groups is 1. The number of ether oxygens (including phenoxy) is 1. The molecule has 5 heteroatoms. The summed E-state index contributed by atoms with van der Waals surface area (Å²) in [5.41, 5.74) is 5.74. The highest BCUT2D eigenvalue weighted by Crippen LogP contribution is 2.22. The molecule has 1 aliphatic rings. The lowest BCUT2D eigenvalue weighted by Crippen LogP contribution is -2.50. The number of hydrogen-bond acceptors (Lipinski definition) is 4. The zero-order valence-electron chi connectivity index (χ0n) is 10.1. The maximum absolute atomic E-state index is 11.4. The largest absolute Gasteiger partial charge is 0.465 e. The third-order valence-electron chi connectivity index (χ3n) is 3.11. The zero-order chi connectivity index (χ0) is 11.3. The molecular weight excluding hydrogens is 228 g/mol. The van der Waals surface area contributed by atoms with Crippen molar-refractivity contribution in [3.8, 4) is 0 Å². The van der Waals surface area contributed by atoms with E-state index in [9.17, 15) is 4.79 Å². The average molecular weight is 251 g/mol. The van der Waals surface area contributed by atoms with E-state index < -0.39 is 0 Å². The van der Waals surface area contributed by atoms with Crippen LogP contribution in [-0.4, -0.2) is 43.2 Å². The maximum Gasteiger partial charge on any atom is 0.320 e. The molecule has 0 aromatic carbocycles. The summed E-state index contributed by atoms with van der Waals surface area (Å²) >= 11 is 0. The lowest BCUT2D eigenvalue weighted by atomic mass is 9.91. The van der Waals surface area contributed by atoms with Crippen molar-refractivity contribution in [2.75, 3.05) is 26.2 Å². The van der Waals surface area contributed by atoms with Crippen LogP contribution in [0.2, 0.25) is 0 Å². The first-order chi connectivity index (χ1) is 7.19. The van der Waals surface area contributed by atoms with E-state index >= 15 is 0 Å². The molecule has 0 aromatic rings. The van der Waals surface area contributed by atoms with Gasteiger partial charge in [-0.3, -0.25) is 9.69 Å². The number of nitrogens with zero attached hydrogens (tertiary/aromatic N) is 1. The first-order valence-electron chi connectivity index (χ1n) is 5.78. The second-order valence-corrected chi connectivity index (χ2v) is 4.20. The van der Waals surface area contributed by atoms with Crippen molar-refractivity contribution < 1.29 is 9.53 Å². The average Bonchev–Trinajstić information content (AvgIpc) is 2.18. The number of nitrogens with two attached hydrogens (primary N) is 1. The van der Waals surface area contributed by atoms with Gasteiger partial charge in [-0.25, -0.2) is 0 Å². The molecule has 1 saturated heterocycles. The molecule has 0 radical (unpaired) electrons. The highest BCUT2D eigenvalue weighted by Gasteiger charge is 2.28. The molecule has 0 spiro atoms. The van der Waals surface area contributed by atoms with Crippen LogP contribution in [0.3, 0.4) is 0 Å². The maximum atomic E-state index is 11.4. The quantitative estimate of drug-likeness (QED) is 0.758. The van der Waals surface area contributed by atoms with Crippen LogP contribution >= 0.6 is 12.4 Å². The highest BCUT2D eigenvalue weighted by molar-refractivity contribution is 5.85. The Morgan fingerprint density at radius 2 is 2.25 bits per heavy atom. The molecule has 4 nitrogen and oxygen atoms in total. The molecule has 2 N–H and O–H groups in total. The van der Waals surface area contributed by atoms with Gasteiger partial charge in [0.2, 0.25) is 0 Å². The van der Waals surface area contributed by atoms with Crippen LogP contribution < -0.4 is 5.73 Å². The fourth-order valence-corrected chi connectivity index (χ4v) is 2.28. The van der Waals surface area contributed by atoms with Crippen molar-refractivity contribution in [3.63, 3.8) is 0 Å². The molecule has 1 fully saturated rings. The van der Waals surface area contributed by atoms with Gasteiger partial charge in [-0.2, -0.15) is 0 Å². The summed E-state index contributed by atoms with van der Waals surface area (Å²) in [5.74, 6) is 0.447. The van der Waals surface area contributed by atoms with E-state index in [1.165, 1.54) is 6.42 Å². The molecule has 2 atom stereocenters. The van der Waals surface area contributed by atoms with Crippen molar-refractivity contribution >= 4 is 18.4 Å². The highest BCUT2D eigenvalue weighted by atomic mass is 35.5. The summed E-state index contributed by atoms with van der Waals surface area (Å²) in [6.07, 6.45) is 2.36. The molecule has 2 unspecified atom stereocenters. The Hall–Kier alpha value is -0.320. The van der Waals surface area contributed by atoms with Gasteiger partial charge in [0, 0.05) is 12.6 Å². The summed E-state index contributed by atoms with van der Waals surface area (Å²) in [6, 6.07) is 0.336. The van der Waals surface area contributed by atoms with Crippen LogP contribution in [0.1, 0.15) is 26.7 Å². The minimum absolute atomic E-state index is 0. The number of halogens is 1. The molecule has 0 bridgehead atoms. The van der Waals surface area contributed by atoms with Gasteiger partial charge in [0.1, 0.15) is 0 Å². The Labute approximate surface area is 104 Å². The van der Waals surface area contributed by atoms with E-state index in [1.807, 2.05) is 6.92 Å². The van der Waals surface area contributed by atoms with Gasteiger partial charge in [0.05, 0.1) is 13.2 Å². The Bertz CT molecular complexity index is 214. The van der Waals surface area contributed by atoms with Gasteiger partial charge >= 0.3 is 5.97 Å². The first-order valence-corrected chi connectivity index (χ1v) is 5.78. The Balaban J connectivity index is 0.00000225. The standard InChI is InChI=1S/C11H22N2O2.ClH/c1-3-15-11(14)8-13-6-4-5-9(2)10(13)7-12;/h9-10H,3-8,12H2,1-2H3;1H. The fourth-order valence-electron chi connectivity index (χ4n) is 2.28. The van der Waals surface area contributed by atoms with Gasteiger partial charge in [-0.15, -0.1) is 12.4 Å². The molecule has 1 heterocycles. The van der Waals surface area contributed by atoms with Crippen LogP contribution in [0.25, 0.3) is 0 Å². The molecule has 0 aliphatic carbocycles.